The first-order valence-corrected chi connectivity index (χ1v) is 15.3. The van der Waals surface area contributed by atoms with Gasteiger partial charge in [-0.1, -0.05) is 44.2 Å². The van der Waals surface area contributed by atoms with Gasteiger partial charge in [-0.15, -0.1) is 0 Å². The minimum absolute atomic E-state index is 0.00909. The van der Waals surface area contributed by atoms with Crippen molar-refractivity contribution >= 4 is 22.8 Å². The Labute approximate surface area is 232 Å². The van der Waals surface area contributed by atoms with Crippen LogP contribution >= 0.6 is 0 Å². The Morgan fingerprint density at radius 3 is 2.13 bits per heavy atom. The molecule has 3 aliphatic heterocycles. The number of hydrogen-bond acceptors (Lipinski definition) is 6. The molecule has 1 aliphatic carbocycles. The van der Waals surface area contributed by atoms with Crippen LogP contribution < -0.4 is 10.5 Å². The smallest absolute Gasteiger partial charge is 0.324 e. The zero-order valence-electron chi connectivity index (χ0n) is 23.7. The number of piperidine rings is 2. The van der Waals surface area contributed by atoms with Crippen molar-refractivity contribution < 1.29 is 9.90 Å². The number of carboxylic acid groups (broad SMARTS) is 1. The van der Waals surface area contributed by atoms with Crippen LogP contribution in [0.5, 0.6) is 0 Å². The molecule has 3 saturated heterocycles. The number of carboxylic acids is 1. The van der Waals surface area contributed by atoms with Crippen LogP contribution in [0.2, 0.25) is 0 Å². The second kappa shape index (κ2) is 10.8. The molecule has 0 spiro atoms. The highest BCUT2D eigenvalue weighted by atomic mass is 16.4. The molecule has 4 heterocycles. The van der Waals surface area contributed by atoms with Gasteiger partial charge in [0.25, 0.3) is 5.56 Å². The number of aromatic nitrogens is 2. The molecule has 8 heteroatoms. The third kappa shape index (κ3) is 4.77. The molecule has 2 bridgehead atoms. The first kappa shape index (κ1) is 26.8. The highest BCUT2D eigenvalue weighted by Gasteiger charge is 2.46. The normalized spacial score (nSPS) is 28.5. The minimum Gasteiger partial charge on any atom is -0.480 e. The van der Waals surface area contributed by atoms with Crippen LogP contribution in [0.3, 0.4) is 0 Å². The maximum absolute atomic E-state index is 14.2. The van der Waals surface area contributed by atoms with Gasteiger partial charge in [-0.25, -0.2) is 4.98 Å². The summed E-state index contributed by atoms with van der Waals surface area (Å²) in [5.74, 6) is -0.302. The second-order valence-electron chi connectivity index (χ2n) is 12.8. The molecule has 212 valence electrons. The van der Waals surface area contributed by atoms with Crippen LogP contribution in [0.1, 0.15) is 89.5 Å². The SMILES string of the molecule is CN(C)C1(C(=O)O)CCN(c2nc3ccccc3n(C3CC4CC[C@@H](C3)N4C3CCCCCCC3)c2=O)CC1. The van der Waals surface area contributed by atoms with E-state index in [1.807, 2.05) is 48.2 Å². The van der Waals surface area contributed by atoms with Crippen LogP contribution in [0.25, 0.3) is 11.0 Å². The molecule has 1 aromatic heterocycles. The van der Waals surface area contributed by atoms with Gasteiger partial charge in [0.15, 0.2) is 5.82 Å². The van der Waals surface area contributed by atoms with Crippen LogP contribution in [0, 0.1) is 0 Å². The topological polar surface area (TPSA) is 81.9 Å². The quantitative estimate of drug-likeness (QED) is 0.596. The van der Waals surface area contributed by atoms with E-state index in [1.165, 1.54) is 57.8 Å². The lowest BCUT2D eigenvalue weighted by atomic mass is 9.86. The van der Waals surface area contributed by atoms with E-state index in [0.29, 0.717) is 49.9 Å². The fourth-order valence-corrected chi connectivity index (χ4v) is 8.38. The Morgan fingerprint density at radius 1 is 0.897 bits per heavy atom. The maximum atomic E-state index is 14.2. The molecule has 8 nitrogen and oxygen atoms in total. The number of nitrogens with zero attached hydrogens (tertiary/aromatic N) is 5. The Balaban J connectivity index is 1.29. The molecule has 4 fully saturated rings. The maximum Gasteiger partial charge on any atom is 0.324 e. The van der Waals surface area contributed by atoms with E-state index < -0.39 is 11.5 Å². The highest BCUT2D eigenvalue weighted by Crippen LogP contribution is 2.44. The van der Waals surface area contributed by atoms with Gasteiger partial charge in [0.2, 0.25) is 0 Å². The Morgan fingerprint density at radius 2 is 1.51 bits per heavy atom. The Kier molecular flexibility index (Phi) is 7.44. The number of hydrogen-bond donors (Lipinski definition) is 1. The van der Waals surface area contributed by atoms with Gasteiger partial charge in [-0.05, 0) is 77.6 Å². The molecule has 6 rings (SSSR count). The molecule has 1 saturated carbocycles. The van der Waals surface area contributed by atoms with Crippen molar-refractivity contribution in [3.63, 3.8) is 0 Å². The number of carbonyl (C=O) groups is 1. The fraction of sp³-hybridized carbons (Fsp3) is 0.710. The van der Waals surface area contributed by atoms with E-state index in [4.69, 9.17) is 4.98 Å². The average molecular weight is 536 g/mol. The van der Waals surface area contributed by atoms with Crippen LogP contribution in [0.4, 0.5) is 5.82 Å². The van der Waals surface area contributed by atoms with E-state index in [-0.39, 0.29) is 11.6 Å². The lowest BCUT2D eigenvalue weighted by molar-refractivity contribution is -0.151. The van der Waals surface area contributed by atoms with Crippen molar-refractivity contribution in [1.29, 1.82) is 0 Å². The first-order chi connectivity index (χ1) is 18.9. The number of rotatable bonds is 5. The predicted octanol–water partition coefficient (Wildman–Crippen LogP) is 4.66. The Hall–Kier alpha value is -2.45. The van der Waals surface area contributed by atoms with Crippen molar-refractivity contribution in [2.75, 3.05) is 32.1 Å². The van der Waals surface area contributed by atoms with Gasteiger partial charge < -0.3 is 14.6 Å². The summed E-state index contributed by atoms with van der Waals surface area (Å²) < 4.78 is 2.07. The lowest BCUT2D eigenvalue weighted by Crippen LogP contribution is -2.58. The first-order valence-electron chi connectivity index (χ1n) is 15.3. The zero-order valence-corrected chi connectivity index (χ0v) is 23.7. The van der Waals surface area contributed by atoms with Crippen molar-refractivity contribution in [2.45, 2.75) is 113 Å². The number of aliphatic carboxylic acids is 1. The Bertz CT molecular complexity index is 1230. The molecular formula is C31H45N5O3. The number of fused-ring (bicyclic) bond motifs is 3. The summed E-state index contributed by atoms with van der Waals surface area (Å²) in [5, 5.41) is 9.98. The summed E-state index contributed by atoms with van der Waals surface area (Å²) in [6, 6.07) is 10.1. The summed E-state index contributed by atoms with van der Waals surface area (Å²) in [6.45, 7) is 1.02. The number of likely N-dealkylation sites (N-methyl/N-ethyl adjacent to an activating group) is 1. The molecular weight excluding hydrogens is 490 g/mol. The van der Waals surface area contributed by atoms with Gasteiger partial charge in [0.1, 0.15) is 5.54 Å². The van der Waals surface area contributed by atoms with Gasteiger partial charge >= 0.3 is 5.97 Å². The van der Waals surface area contributed by atoms with Gasteiger partial charge in [-0.2, -0.15) is 0 Å². The molecule has 1 aromatic carbocycles. The molecule has 0 radical (unpaired) electrons. The predicted molar refractivity (Wildman–Crippen MR) is 155 cm³/mol. The van der Waals surface area contributed by atoms with Gasteiger partial charge in [0.05, 0.1) is 11.0 Å². The molecule has 2 aromatic rings. The van der Waals surface area contributed by atoms with E-state index >= 15 is 0 Å². The van der Waals surface area contributed by atoms with Gasteiger partial charge in [0, 0.05) is 37.3 Å². The number of anilines is 1. The van der Waals surface area contributed by atoms with Crippen LogP contribution in [-0.4, -0.2) is 81.3 Å². The summed E-state index contributed by atoms with van der Waals surface area (Å²) in [7, 11) is 3.67. The highest BCUT2D eigenvalue weighted by molar-refractivity contribution is 5.80. The monoisotopic (exact) mass is 535 g/mol. The lowest BCUT2D eigenvalue weighted by Gasteiger charge is -2.45. The van der Waals surface area contributed by atoms with Gasteiger partial charge in [-0.3, -0.25) is 19.4 Å². The van der Waals surface area contributed by atoms with Crippen molar-refractivity contribution in [3.05, 3.63) is 34.6 Å². The summed E-state index contributed by atoms with van der Waals surface area (Å²) in [5.41, 5.74) is 0.880. The van der Waals surface area contributed by atoms with E-state index in [2.05, 4.69) is 9.47 Å². The standard InChI is InChI=1S/C31H45N5O3/c1-33(2)31(30(38)39)16-18-34(19-17-31)28-29(37)36(27-13-9-8-12-26(27)32-28)25-20-23-14-15-24(21-25)35(23)22-10-6-4-3-5-7-11-22/h8-9,12-13,22-25H,3-7,10-11,14-21H2,1-2H3,(H,38,39)/t23-,24?,25?/m0/s1. The third-order valence-electron chi connectivity index (χ3n) is 10.5. The van der Waals surface area contributed by atoms with E-state index in [0.717, 1.165) is 23.9 Å². The van der Waals surface area contributed by atoms with E-state index in [1.54, 1.807) is 0 Å². The molecule has 2 unspecified atom stereocenters. The fourth-order valence-electron chi connectivity index (χ4n) is 8.38. The average Bonchev–Trinajstić information content (AvgIpc) is 3.16. The largest absolute Gasteiger partial charge is 0.480 e. The molecule has 3 atom stereocenters. The number of benzene rings is 1. The second-order valence-corrected chi connectivity index (χ2v) is 12.8. The zero-order chi connectivity index (χ0) is 27.1. The van der Waals surface area contributed by atoms with Crippen molar-refractivity contribution in [1.82, 2.24) is 19.4 Å². The molecule has 39 heavy (non-hydrogen) atoms. The van der Waals surface area contributed by atoms with E-state index in [9.17, 15) is 14.7 Å². The minimum atomic E-state index is -0.893. The molecule has 1 N–H and O–H groups in total. The van der Waals surface area contributed by atoms with Crippen LogP contribution in [0.15, 0.2) is 29.1 Å². The summed E-state index contributed by atoms with van der Waals surface area (Å²) >= 11 is 0. The number of para-hydroxylation sites is 2. The summed E-state index contributed by atoms with van der Waals surface area (Å²) in [6.07, 6.45) is 15.0. The van der Waals surface area contributed by atoms with Crippen molar-refractivity contribution in [3.8, 4) is 0 Å². The van der Waals surface area contributed by atoms with Crippen LogP contribution in [-0.2, 0) is 4.79 Å². The molecule has 4 aliphatic rings. The summed E-state index contributed by atoms with van der Waals surface area (Å²) in [4.78, 5) is 38.0. The van der Waals surface area contributed by atoms with Crippen molar-refractivity contribution in [2.24, 2.45) is 0 Å². The third-order valence-corrected chi connectivity index (χ3v) is 10.5. The molecule has 0 amide bonds.